The first kappa shape index (κ1) is 14.4. The van der Waals surface area contributed by atoms with Gasteiger partial charge in [0.25, 0.3) is 0 Å². The van der Waals surface area contributed by atoms with E-state index in [-0.39, 0.29) is 0 Å². The predicted octanol–water partition coefficient (Wildman–Crippen LogP) is 2.80. The summed E-state index contributed by atoms with van der Waals surface area (Å²) >= 11 is 0. The smallest absolute Gasteiger partial charge is 0.193 e. The topological polar surface area (TPSA) is 6.48 Å². The van der Waals surface area contributed by atoms with Gasteiger partial charge in [-0.2, -0.15) is 0 Å². The molecule has 0 radical (unpaired) electrons. The monoisotopic (exact) mass is 232 g/mol. The SMILES string of the molecule is CCN(CC)[Si](C)(C)N(C)[Si](C)(C)C. The summed E-state index contributed by atoms with van der Waals surface area (Å²) in [6, 6.07) is 0. The van der Waals surface area contributed by atoms with Gasteiger partial charge in [0.1, 0.15) is 8.24 Å². The second kappa shape index (κ2) is 4.92. The Kier molecular flexibility index (Phi) is 5.04. The maximum atomic E-state index is 2.72. The molecule has 0 aliphatic carbocycles. The Hall–Kier alpha value is 0.354. The van der Waals surface area contributed by atoms with Crippen LogP contribution in [-0.4, -0.2) is 45.6 Å². The van der Waals surface area contributed by atoms with E-state index in [1.807, 2.05) is 0 Å². The Bertz CT molecular complexity index is 171. The van der Waals surface area contributed by atoms with Crippen molar-refractivity contribution in [3.05, 3.63) is 0 Å². The summed E-state index contributed by atoms with van der Waals surface area (Å²) in [4.78, 5) is 0. The summed E-state index contributed by atoms with van der Waals surface area (Å²) in [5, 5.41) is 0. The molecule has 14 heavy (non-hydrogen) atoms. The highest BCUT2D eigenvalue weighted by molar-refractivity contribution is 6.88. The Morgan fingerprint density at radius 3 is 1.43 bits per heavy atom. The zero-order valence-electron chi connectivity index (χ0n) is 11.3. The maximum absolute atomic E-state index is 2.72. The van der Waals surface area contributed by atoms with E-state index in [2.05, 4.69) is 62.4 Å². The van der Waals surface area contributed by atoms with E-state index >= 15 is 0 Å². The lowest BCUT2D eigenvalue weighted by Crippen LogP contribution is -2.67. The fourth-order valence-corrected chi connectivity index (χ4v) is 11.0. The molecule has 0 aliphatic heterocycles. The van der Waals surface area contributed by atoms with Gasteiger partial charge in [-0.25, -0.2) is 0 Å². The van der Waals surface area contributed by atoms with Gasteiger partial charge in [-0.15, -0.1) is 0 Å². The van der Waals surface area contributed by atoms with Crippen molar-refractivity contribution in [3.8, 4) is 0 Å². The van der Waals surface area contributed by atoms with Crippen molar-refractivity contribution in [2.45, 2.75) is 46.6 Å². The molecule has 0 unspecified atom stereocenters. The zero-order chi connectivity index (χ0) is 11.6. The molecule has 0 N–H and O–H groups in total. The number of nitrogens with zero attached hydrogens (tertiary/aromatic N) is 2. The molecule has 4 heteroatoms. The van der Waals surface area contributed by atoms with Crippen molar-refractivity contribution in [1.82, 2.24) is 8.80 Å². The van der Waals surface area contributed by atoms with E-state index in [1.54, 1.807) is 0 Å². The highest BCUT2D eigenvalue weighted by Crippen LogP contribution is 2.20. The van der Waals surface area contributed by atoms with E-state index in [1.165, 1.54) is 13.1 Å². The average molecular weight is 233 g/mol. The first-order chi connectivity index (χ1) is 6.17. The van der Waals surface area contributed by atoms with E-state index in [4.69, 9.17) is 0 Å². The maximum Gasteiger partial charge on any atom is 0.193 e. The number of hydrogen-bond donors (Lipinski definition) is 0. The van der Waals surface area contributed by atoms with Crippen LogP contribution in [0.5, 0.6) is 0 Å². The van der Waals surface area contributed by atoms with Crippen LogP contribution < -0.4 is 0 Å². The summed E-state index contributed by atoms with van der Waals surface area (Å²) in [6.07, 6.45) is 0. The molecule has 0 heterocycles. The zero-order valence-corrected chi connectivity index (χ0v) is 13.3. The Labute approximate surface area is 92.5 Å². The number of hydrogen-bond acceptors (Lipinski definition) is 2. The predicted molar refractivity (Wildman–Crippen MR) is 71.5 cm³/mol. The van der Waals surface area contributed by atoms with Crippen LogP contribution in [-0.2, 0) is 0 Å². The van der Waals surface area contributed by atoms with Gasteiger partial charge in [0.05, 0.1) is 0 Å². The molecule has 0 aromatic carbocycles. The lowest BCUT2D eigenvalue weighted by Gasteiger charge is -2.48. The summed E-state index contributed by atoms with van der Waals surface area (Å²) in [7, 11) is -0.151. The van der Waals surface area contributed by atoms with Crippen LogP contribution >= 0.6 is 0 Å². The van der Waals surface area contributed by atoms with Crippen LogP contribution in [0, 0.1) is 0 Å². The molecule has 0 bridgehead atoms. The third-order valence-electron chi connectivity index (χ3n) is 3.36. The van der Waals surface area contributed by atoms with Crippen LogP contribution in [0.3, 0.4) is 0 Å². The van der Waals surface area contributed by atoms with Crippen LogP contribution in [0.2, 0.25) is 32.7 Å². The van der Waals surface area contributed by atoms with Crippen LogP contribution in [0.15, 0.2) is 0 Å². The van der Waals surface area contributed by atoms with Gasteiger partial charge in [0.15, 0.2) is 8.40 Å². The fraction of sp³-hybridized carbons (Fsp3) is 1.00. The van der Waals surface area contributed by atoms with Crippen molar-refractivity contribution in [1.29, 1.82) is 0 Å². The van der Waals surface area contributed by atoms with Crippen molar-refractivity contribution in [2.24, 2.45) is 0 Å². The molecule has 0 fully saturated rings. The average Bonchev–Trinajstić information content (AvgIpc) is 2.03. The minimum absolute atomic E-state index is 1.14. The van der Waals surface area contributed by atoms with Gasteiger partial charge >= 0.3 is 0 Å². The minimum atomic E-state index is -1.34. The van der Waals surface area contributed by atoms with Crippen molar-refractivity contribution < 1.29 is 0 Å². The normalized spacial score (nSPS) is 14.1. The summed E-state index contributed by atoms with van der Waals surface area (Å²) in [5.74, 6) is 0. The minimum Gasteiger partial charge on any atom is -0.336 e. The molecule has 0 spiro atoms. The lowest BCUT2D eigenvalue weighted by atomic mass is 10.7. The first-order valence-corrected chi connectivity index (χ1v) is 12.0. The quantitative estimate of drug-likeness (QED) is 0.673. The Morgan fingerprint density at radius 2 is 1.21 bits per heavy atom. The molecule has 0 rings (SSSR count). The standard InChI is InChI=1S/C10H28N2Si2/c1-9-12(10-2)14(7,8)11(3)13(4,5)6/h9-10H2,1-8H3. The molecule has 0 aromatic heterocycles. The van der Waals surface area contributed by atoms with Crippen molar-refractivity contribution in [3.63, 3.8) is 0 Å². The molecule has 0 aliphatic rings. The van der Waals surface area contributed by atoms with E-state index < -0.39 is 16.6 Å². The summed E-state index contributed by atoms with van der Waals surface area (Å²) in [6.45, 7) is 19.2. The third kappa shape index (κ3) is 3.19. The van der Waals surface area contributed by atoms with Gasteiger partial charge in [0.2, 0.25) is 0 Å². The molecule has 0 amide bonds. The Balaban J connectivity index is 4.75. The molecule has 0 saturated carbocycles. The highest BCUT2D eigenvalue weighted by Gasteiger charge is 2.38. The third-order valence-corrected chi connectivity index (χ3v) is 12.9. The second-order valence-corrected chi connectivity index (χ2v) is 15.1. The van der Waals surface area contributed by atoms with E-state index in [0.717, 1.165) is 0 Å². The number of rotatable bonds is 5. The summed E-state index contributed by atoms with van der Waals surface area (Å²) in [5.41, 5.74) is 0. The van der Waals surface area contributed by atoms with Gasteiger partial charge in [-0.3, -0.25) is 0 Å². The lowest BCUT2D eigenvalue weighted by molar-refractivity contribution is 0.429. The van der Waals surface area contributed by atoms with E-state index in [0.29, 0.717) is 0 Å². The Morgan fingerprint density at radius 1 is 0.857 bits per heavy atom. The van der Waals surface area contributed by atoms with Crippen LogP contribution in [0.1, 0.15) is 13.8 Å². The van der Waals surface area contributed by atoms with Crippen molar-refractivity contribution in [2.75, 3.05) is 20.1 Å². The first-order valence-electron chi connectivity index (χ1n) is 5.66. The van der Waals surface area contributed by atoms with E-state index in [9.17, 15) is 0 Å². The second-order valence-electron chi connectivity index (χ2n) is 5.40. The molecule has 86 valence electrons. The largest absolute Gasteiger partial charge is 0.336 e. The van der Waals surface area contributed by atoms with Crippen molar-refractivity contribution >= 4 is 16.6 Å². The molecule has 0 atom stereocenters. The van der Waals surface area contributed by atoms with Gasteiger partial charge in [-0.1, -0.05) is 33.5 Å². The summed E-state index contributed by atoms with van der Waals surface area (Å²) < 4.78 is 5.37. The van der Waals surface area contributed by atoms with Gasteiger partial charge in [-0.05, 0) is 33.2 Å². The van der Waals surface area contributed by atoms with Gasteiger partial charge in [0, 0.05) is 0 Å². The highest BCUT2D eigenvalue weighted by atomic mass is 28.4. The van der Waals surface area contributed by atoms with Crippen LogP contribution in [0.25, 0.3) is 0 Å². The molecule has 2 nitrogen and oxygen atoms in total. The molecular formula is C10H28N2Si2. The molecule has 0 aromatic rings. The fourth-order valence-electron chi connectivity index (χ4n) is 2.03. The van der Waals surface area contributed by atoms with Crippen LogP contribution in [0.4, 0.5) is 0 Å². The molecule has 0 saturated heterocycles. The van der Waals surface area contributed by atoms with Gasteiger partial charge < -0.3 is 8.80 Å². The molecular weight excluding hydrogens is 204 g/mol.